The van der Waals surface area contributed by atoms with Gasteiger partial charge in [0.2, 0.25) is 0 Å². The minimum atomic E-state index is -0.588. The summed E-state index contributed by atoms with van der Waals surface area (Å²) < 4.78 is 5.35. The summed E-state index contributed by atoms with van der Waals surface area (Å²) in [6.45, 7) is 14.1. The molecule has 0 saturated heterocycles. The number of benzene rings is 1. The Kier molecular flexibility index (Phi) is 5.50. The maximum atomic E-state index is 11.7. The smallest absolute Gasteiger partial charge is 0.412 e. The second-order valence-corrected chi connectivity index (χ2v) is 8.69. The van der Waals surface area contributed by atoms with E-state index in [0.717, 1.165) is 16.7 Å². The molecule has 0 aliphatic rings. The molecule has 27 heavy (non-hydrogen) atoms. The molecule has 0 atom stereocenters. The average molecular weight is 371 g/mol. The second-order valence-electron chi connectivity index (χ2n) is 8.69. The molecule has 0 fully saturated rings. The molecular weight excluding hydrogens is 342 g/mol. The first-order valence-corrected chi connectivity index (χ1v) is 8.96. The molecule has 2 rings (SSSR count). The molecular formula is C21H29N3O3. The molecule has 0 radical (unpaired) electrons. The van der Waals surface area contributed by atoms with E-state index in [1.54, 1.807) is 6.92 Å². The lowest BCUT2D eigenvalue weighted by Crippen LogP contribution is -2.22. The fourth-order valence-corrected chi connectivity index (χ4v) is 2.81. The van der Waals surface area contributed by atoms with Crippen LogP contribution in [0.15, 0.2) is 18.3 Å². The fourth-order valence-electron chi connectivity index (χ4n) is 2.81. The molecule has 0 spiro atoms. The molecule has 1 amide bonds. The van der Waals surface area contributed by atoms with Gasteiger partial charge in [0, 0.05) is 23.7 Å². The number of aromatic hydroxyl groups is 1. The predicted octanol–water partition coefficient (Wildman–Crippen LogP) is 4.47. The van der Waals surface area contributed by atoms with E-state index in [-0.39, 0.29) is 16.6 Å². The van der Waals surface area contributed by atoms with Crippen molar-refractivity contribution in [3.8, 4) is 22.8 Å². The third-order valence-corrected chi connectivity index (χ3v) is 4.28. The van der Waals surface area contributed by atoms with Crippen LogP contribution in [0.5, 0.6) is 11.5 Å². The van der Waals surface area contributed by atoms with Crippen LogP contribution in [0, 0.1) is 6.92 Å². The van der Waals surface area contributed by atoms with Crippen molar-refractivity contribution in [1.82, 2.24) is 15.3 Å². The molecule has 2 N–H and O–H groups in total. The van der Waals surface area contributed by atoms with E-state index in [4.69, 9.17) is 4.74 Å². The van der Waals surface area contributed by atoms with Gasteiger partial charge >= 0.3 is 6.09 Å². The third kappa shape index (κ3) is 4.56. The Balaban J connectivity index is 2.79. The van der Waals surface area contributed by atoms with Gasteiger partial charge in [-0.3, -0.25) is 0 Å². The number of carbonyl (C=O) groups is 1. The van der Waals surface area contributed by atoms with Crippen LogP contribution in [0.4, 0.5) is 4.79 Å². The summed E-state index contributed by atoms with van der Waals surface area (Å²) in [6.07, 6.45) is 0.905. The highest BCUT2D eigenvalue weighted by atomic mass is 16.6. The van der Waals surface area contributed by atoms with Gasteiger partial charge in [0.25, 0.3) is 0 Å². The number of nitrogens with zero attached hydrogens (tertiary/aromatic N) is 2. The molecule has 1 aromatic carbocycles. The molecule has 6 heteroatoms. The number of ether oxygens (including phenoxy) is 1. The van der Waals surface area contributed by atoms with E-state index in [1.165, 1.54) is 13.2 Å². The van der Waals surface area contributed by atoms with Gasteiger partial charge in [-0.05, 0) is 29.9 Å². The zero-order chi connectivity index (χ0) is 20.6. The second kappa shape index (κ2) is 7.18. The van der Waals surface area contributed by atoms with Crippen molar-refractivity contribution >= 4 is 6.09 Å². The number of amides is 1. The largest absolute Gasteiger partial charge is 0.507 e. The Morgan fingerprint density at radius 2 is 1.59 bits per heavy atom. The minimum absolute atomic E-state index is 0.269. The van der Waals surface area contributed by atoms with E-state index in [2.05, 4.69) is 15.3 Å². The number of phenolic OH excluding ortho intramolecular Hbond substituents is 1. The molecule has 0 saturated carbocycles. The fraction of sp³-hybridized carbons (Fsp3) is 0.476. The summed E-state index contributed by atoms with van der Waals surface area (Å²) in [7, 11) is 1.49. The Labute approximate surface area is 161 Å². The van der Waals surface area contributed by atoms with Crippen molar-refractivity contribution in [2.45, 2.75) is 59.3 Å². The first-order chi connectivity index (χ1) is 12.3. The molecule has 1 aromatic heterocycles. The molecule has 0 aliphatic heterocycles. The summed E-state index contributed by atoms with van der Waals surface area (Å²) >= 11 is 0. The van der Waals surface area contributed by atoms with Crippen molar-refractivity contribution in [1.29, 1.82) is 0 Å². The van der Waals surface area contributed by atoms with E-state index >= 15 is 0 Å². The van der Waals surface area contributed by atoms with Gasteiger partial charge in [-0.1, -0.05) is 41.5 Å². The standard InChI is InChI=1S/C21H29N3O3/c1-12-23-11-16(27-19(26)22-8)17(24-12)13-9-14(20(2,3)4)18(25)15(10-13)21(5,6)7/h9-11,25H,1-8H3,(H,22,26). The van der Waals surface area contributed by atoms with E-state index < -0.39 is 6.09 Å². The van der Waals surface area contributed by atoms with Gasteiger partial charge in [0.05, 0.1) is 6.20 Å². The number of aryl methyl sites for hydroxylation is 1. The number of nitrogens with one attached hydrogen (secondary N) is 1. The first kappa shape index (κ1) is 20.7. The Hall–Kier alpha value is -2.63. The molecule has 0 bridgehead atoms. The third-order valence-electron chi connectivity index (χ3n) is 4.28. The van der Waals surface area contributed by atoms with Crippen molar-refractivity contribution in [2.75, 3.05) is 7.05 Å². The van der Waals surface area contributed by atoms with Gasteiger partial charge in [0.15, 0.2) is 5.75 Å². The molecule has 0 aliphatic carbocycles. The summed E-state index contributed by atoms with van der Waals surface area (Å²) in [5, 5.41) is 13.3. The number of phenols is 1. The summed E-state index contributed by atoms with van der Waals surface area (Å²) in [4.78, 5) is 20.4. The number of aromatic nitrogens is 2. The highest BCUT2D eigenvalue weighted by Gasteiger charge is 2.28. The van der Waals surface area contributed by atoms with Crippen LogP contribution in [0.25, 0.3) is 11.3 Å². The SMILES string of the molecule is CNC(=O)Oc1cnc(C)nc1-c1cc(C(C)(C)C)c(O)c(C(C)(C)C)c1. The predicted molar refractivity (Wildman–Crippen MR) is 106 cm³/mol. The molecule has 2 aromatic rings. The highest BCUT2D eigenvalue weighted by Crippen LogP contribution is 2.42. The first-order valence-electron chi connectivity index (χ1n) is 8.96. The number of hydrogen-bond donors (Lipinski definition) is 2. The van der Waals surface area contributed by atoms with Gasteiger partial charge < -0.3 is 15.2 Å². The molecule has 0 unspecified atom stereocenters. The number of hydrogen-bond acceptors (Lipinski definition) is 5. The van der Waals surface area contributed by atoms with E-state index in [1.807, 2.05) is 53.7 Å². The number of carbonyl (C=O) groups excluding carboxylic acids is 1. The van der Waals surface area contributed by atoms with Crippen LogP contribution in [0.3, 0.4) is 0 Å². The Bertz CT molecular complexity index is 827. The van der Waals surface area contributed by atoms with E-state index in [9.17, 15) is 9.90 Å². The number of rotatable bonds is 2. The summed E-state index contributed by atoms with van der Waals surface area (Å²) in [5.41, 5.74) is 2.36. The lowest BCUT2D eigenvalue weighted by molar-refractivity contribution is 0.203. The normalized spacial score (nSPS) is 12.0. The molecule has 6 nitrogen and oxygen atoms in total. The van der Waals surface area contributed by atoms with Gasteiger partial charge in [0.1, 0.15) is 17.3 Å². The zero-order valence-corrected chi connectivity index (χ0v) is 17.4. The molecule has 146 valence electrons. The quantitative estimate of drug-likeness (QED) is 0.813. The van der Waals surface area contributed by atoms with Crippen molar-refractivity contribution in [3.05, 3.63) is 35.3 Å². The summed E-state index contributed by atoms with van der Waals surface area (Å²) in [5.74, 6) is 1.13. The van der Waals surface area contributed by atoms with Crippen LogP contribution in [-0.4, -0.2) is 28.2 Å². The van der Waals surface area contributed by atoms with Gasteiger partial charge in [-0.25, -0.2) is 14.8 Å². The Morgan fingerprint density at radius 3 is 2.04 bits per heavy atom. The Morgan fingerprint density at radius 1 is 1.07 bits per heavy atom. The topological polar surface area (TPSA) is 84.3 Å². The van der Waals surface area contributed by atoms with Crippen LogP contribution in [0.1, 0.15) is 58.5 Å². The highest BCUT2D eigenvalue weighted by molar-refractivity contribution is 5.76. The van der Waals surface area contributed by atoms with Crippen molar-refractivity contribution in [3.63, 3.8) is 0 Å². The average Bonchev–Trinajstić information content (AvgIpc) is 2.54. The van der Waals surface area contributed by atoms with Crippen molar-refractivity contribution < 1.29 is 14.6 Å². The van der Waals surface area contributed by atoms with Crippen LogP contribution in [0.2, 0.25) is 0 Å². The maximum Gasteiger partial charge on any atom is 0.412 e. The maximum absolute atomic E-state index is 11.7. The van der Waals surface area contributed by atoms with Crippen LogP contribution < -0.4 is 10.1 Å². The lowest BCUT2D eigenvalue weighted by Gasteiger charge is -2.28. The van der Waals surface area contributed by atoms with Crippen LogP contribution >= 0.6 is 0 Å². The van der Waals surface area contributed by atoms with E-state index in [0.29, 0.717) is 17.3 Å². The van der Waals surface area contributed by atoms with Crippen molar-refractivity contribution in [2.24, 2.45) is 0 Å². The minimum Gasteiger partial charge on any atom is -0.507 e. The monoisotopic (exact) mass is 371 g/mol. The molecule has 1 heterocycles. The van der Waals surface area contributed by atoms with Gasteiger partial charge in [-0.15, -0.1) is 0 Å². The lowest BCUT2D eigenvalue weighted by atomic mass is 9.78. The zero-order valence-electron chi connectivity index (χ0n) is 17.4. The summed E-state index contributed by atoms with van der Waals surface area (Å²) in [6, 6.07) is 3.81. The van der Waals surface area contributed by atoms with Gasteiger partial charge in [-0.2, -0.15) is 0 Å². The van der Waals surface area contributed by atoms with Crippen LogP contribution in [-0.2, 0) is 10.8 Å².